The first-order valence-corrected chi connectivity index (χ1v) is 7.29. The highest BCUT2D eigenvalue weighted by Crippen LogP contribution is 2.24. The molecule has 2 aromatic rings. The minimum atomic E-state index is -1.09. The maximum Gasteiger partial charge on any atom is 0.356 e. The van der Waals surface area contributed by atoms with Crippen molar-refractivity contribution in [3.05, 3.63) is 36.0 Å². The molecule has 1 saturated heterocycles. The molecule has 0 bridgehead atoms. The Labute approximate surface area is 137 Å². The minimum Gasteiger partial charge on any atom is -0.476 e. The molecule has 0 radical (unpaired) electrons. The molecule has 1 aliphatic rings. The van der Waals surface area contributed by atoms with E-state index in [-0.39, 0.29) is 30.6 Å². The number of aryl methyl sites for hydroxylation is 1. The van der Waals surface area contributed by atoms with Gasteiger partial charge in [-0.05, 0) is 23.8 Å². The van der Waals surface area contributed by atoms with Gasteiger partial charge in [-0.1, -0.05) is 12.1 Å². The van der Waals surface area contributed by atoms with Gasteiger partial charge in [0.15, 0.2) is 5.69 Å². The van der Waals surface area contributed by atoms with E-state index in [9.17, 15) is 14.4 Å². The highest BCUT2D eigenvalue weighted by atomic mass is 16.4. The third-order valence-electron chi connectivity index (χ3n) is 3.97. The summed E-state index contributed by atoms with van der Waals surface area (Å²) in [6, 6.07) is 8.50. The number of carboxylic acid groups (broad SMARTS) is 1. The fraction of sp³-hybridized carbons (Fsp3) is 0.250. The lowest BCUT2D eigenvalue weighted by Gasteiger charge is -2.31. The number of hydrogen-bond acceptors (Lipinski definition) is 4. The van der Waals surface area contributed by atoms with Crippen LogP contribution in [0.4, 0.5) is 5.69 Å². The van der Waals surface area contributed by atoms with Crippen molar-refractivity contribution in [2.24, 2.45) is 7.05 Å². The first-order chi connectivity index (χ1) is 11.4. The number of aromatic carboxylic acids is 1. The van der Waals surface area contributed by atoms with Crippen molar-refractivity contribution in [3.63, 3.8) is 0 Å². The summed E-state index contributed by atoms with van der Waals surface area (Å²) < 4.78 is 1.49. The zero-order chi connectivity index (χ0) is 17.4. The summed E-state index contributed by atoms with van der Waals surface area (Å²) in [6.07, 6.45) is 0. The summed E-state index contributed by atoms with van der Waals surface area (Å²) >= 11 is 0. The highest BCUT2D eigenvalue weighted by Gasteiger charge is 2.28. The van der Waals surface area contributed by atoms with Gasteiger partial charge in [0, 0.05) is 19.8 Å². The quantitative estimate of drug-likeness (QED) is 0.890. The van der Waals surface area contributed by atoms with Gasteiger partial charge in [0.1, 0.15) is 6.54 Å². The Morgan fingerprint density at radius 3 is 2.33 bits per heavy atom. The smallest absolute Gasteiger partial charge is 0.356 e. The van der Waals surface area contributed by atoms with E-state index in [0.717, 1.165) is 5.56 Å². The third-order valence-corrected chi connectivity index (χ3v) is 3.97. The molecule has 3 rings (SSSR count). The maximum atomic E-state index is 12.1. The van der Waals surface area contributed by atoms with E-state index < -0.39 is 5.97 Å². The number of likely N-dealkylation sites (N-methyl/N-ethyl adjacent to an activating group) is 1. The van der Waals surface area contributed by atoms with Gasteiger partial charge >= 0.3 is 5.97 Å². The molecule has 1 N–H and O–H groups in total. The zero-order valence-electron chi connectivity index (χ0n) is 13.3. The summed E-state index contributed by atoms with van der Waals surface area (Å²) in [4.78, 5) is 37.7. The number of amides is 2. The fourth-order valence-electron chi connectivity index (χ4n) is 2.61. The van der Waals surface area contributed by atoms with Crippen LogP contribution in [0.3, 0.4) is 0 Å². The first kappa shape index (κ1) is 15.7. The van der Waals surface area contributed by atoms with Crippen LogP contribution in [0, 0.1) is 0 Å². The fourth-order valence-corrected chi connectivity index (χ4v) is 2.61. The summed E-state index contributed by atoms with van der Waals surface area (Å²) in [5, 5.41) is 12.9. The Hall–Kier alpha value is -3.16. The Bertz CT molecular complexity index is 825. The van der Waals surface area contributed by atoms with Crippen LogP contribution in [0.1, 0.15) is 10.5 Å². The van der Waals surface area contributed by atoms with Crippen LogP contribution in [0.2, 0.25) is 0 Å². The van der Waals surface area contributed by atoms with Crippen LogP contribution in [0.5, 0.6) is 0 Å². The molecule has 1 aromatic heterocycles. The molecule has 1 fully saturated rings. The van der Waals surface area contributed by atoms with Gasteiger partial charge in [0.25, 0.3) is 0 Å². The first-order valence-electron chi connectivity index (χ1n) is 7.29. The molecule has 0 spiro atoms. The highest BCUT2D eigenvalue weighted by molar-refractivity contribution is 6.04. The lowest BCUT2D eigenvalue weighted by atomic mass is 10.1. The van der Waals surface area contributed by atoms with Gasteiger partial charge in [-0.15, -0.1) is 0 Å². The molecule has 8 nitrogen and oxygen atoms in total. The number of hydrogen-bond donors (Lipinski definition) is 1. The Kier molecular flexibility index (Phi) is 3.80. The zero-order valence-corrected chi connectivity index (χ0v) is 13.3. The van der Waals surface area contributed by atoms with Crippen LogP contribution in [0.15, 0.2) is 30.3 Å². The lowest BCUT2D eigenvalue weighted by molar-refractivity contribution is -0.136. The predicted octanol–water partition coefficient (Wildman–Crippen LogP) is 0.590. The second-order valence-corrected chi connectivity index (χ2v) is 5.62. The monoisotopic (exact) mass is 328 g/mol. The van der Waals surface area contributed by atoms with Gasteiger partial charge in [-0.3, -0.25) is 14.3 Å². The van der Waals surface area contributed by atoms with E-state index in [4.69, 9.17) is 5.11 Å². The van der Waals surface area contributed by atoms with Crippen LogP contribution < -0.4 is 4.90 Å². The van der Waals surface area contributed by atoms with Crippen LogP contribution in [-0.2, 0) is 16.6 Å². The van der Waals surface area contributed by atoms with Crippen molar-refractivity contribution in [1.29, 1.82) is 0 Å². The van der Waals surface area contributed by atoms with Crippen molar-refractivity contribution in [1.82, 2.24) is 14.7 Å². The molecule has 0 aliphatic carbocycles. The van der Waals surface area contributed by atoms with Gasteiger partial charge in [0.05, 0.1) is 12.2 Å². The van der Waals surface area contributed by atoms with Gasteiger partial charge in [0.2, 0.25) is 11.8 Å². The second kappa shape index (κ2) is 5.80. The van der Waals surface area contributed by atoms with Crippen LogP contribution in [0.25, 0.3) is 11.3 Å². The summed E-state index contributed by atoms with van der Waals surface area (Å²) in [5.74, 6) is -1.34. The average molecular weight is 328 g/mol. The van der Waals surface area contributed by atoms with Crippen LogP contribution >= 0.6 is 0 Å². The van der Waals surface area contributed by atoms with E-state index >= 15 is 0 Å². The number of aromatic nitrogens is 2. The van der Waals surface area contributed by atoms with E-state index in [2.05, 4.69) is 5.10 Å². The summed E-state index contributed by atoms with van der Waals surface area (Å²) in [7, 11) is 3.27. The summed E-state index contributed by atoms with van der Waals surface area (Å²) in [5.41, 5.74) is 2.02. The second-order valence-electron chi connectivity index (χ2n) is 5.62. The molecule has 1 aromatic carbocycles. The standard InChI is InChI=1S/C16H16N4O4/c1-18-8-15(22)20(9-14(18)21)11-5-3-10(4-6-11)13-7-12(16(23)24)17-19(13)2/h3-7H,8-9H2,1-2H3,(H,23,24). The molecule has 0 atom stereocenters. The molecule has 24 heavy (non-hydrogen) atoms. The number of nitrogens with zero attached hydrogens (tertiary/aromatic N) is 4. The Morgan fingerprint density at radius 1 is 1.08 bits per heavy atom. The third kappa shape index (κ3) is 2.73. The average Bonchev–Trinajstić information content (AvgIpc) is 2.93. The van der Waals surface area contributed by atoms with Crippen molar-refractivity contribution in [2.75, 3.05) is 25.0 Å². The topological polar surface area (TPSA) is 95.7 Å². The molecule has 8 heteroatoms. The number of piperazine rings is 1. The molecule has 0 unspecified atom stereocenters. The SMILES string of the molecule is CN1CC(=O)N(c2ccc(-c3cc(C(=O)O)nn3C)cc2)CC1=O. The molecule has 2 amide bonds. The molecule has 1 aliphatic heterocycles. The number of anilines is 1. The Morgan fingerprint density at radius 2 is 1.75 bits per heavy atom. The van der Waals surface area contributed by atoms with Gasteiger partial charge in [-0.2, -0.15) is 5.10 Å². The molecule has 2 heterocycles. The van der Waals surface area contributed by atoms with Crippen molar-refractivity contribution in [2.45, 2.75) is 0 Å². The molecular formula is C16H16N4O4. The minimum absolute atomic E-state index is 0.0174. The van der Waals surface area contributed by atoms with E-state index in [1.807, 2.05) is 0 Å². The number of benzene rings is 1. The largest absolute Gasteiger partial charge is 0.476 e. The number of carbonyl (C=O) groups is 3. The maximum absolute atomic E-state index is 12.1. The lowest BCUT2D eigenvalue weighted by Crippen LogP contribution is -2.52. The van der Waals surface area contributed by atoms with Crippen molar-refractivity contribution in [3.8, 4) is 11.3 Å². The van der Waals surface area contributed by atoms with Crippen molar-refractivity contribution >= 4 is 23.5 Å². The Balaban J connectivity index is 1.87. The van der Waals surface area contributed by atoms with Gasteiger partial charge < -0.3 is 14.9 Å². The summed E-state index contributed by atoms with van der Waals surface area (Å²) in [6.45, 7) is 0.0772. The number of carbonyl (C=O) groups excluding carboxylic acids is 2. The predicted molar refractivity (Wildman–Crippen MR) is 85.6 cm³/mol. The van der Waals surface area contributed by atoms with E-state index in [0.29, 0.717) is 11.4 Å². The normalized spacial score (nSPS) is 15.1. The van der Waals surface area contributed by atoms with E-state index in [1.165, 1.54) is 20.5 Å². The molecule has 0 saturated carbocycles. The number of rotatable bonds is 3. The van der Waals surface area contributed by atoms with Gasteiger partial charge in [-0.25, -0.2) is 4.79 Å². The van der Waals surface area contributed by atoms with E-state index in [1.54, 1.807) is 38.4 Å². The van der Waals surface area contributed by atoms with Crippen LogP contribution in [-0.4, -0.2) is 57.7 Å². The molecular weight excluding hydrogens is 312 g/mol. The van der Waals surface area contributed by atoms with Crippen molar-refractivity contribution < 1.29 is 19.5 Å². The molecule has 124 valence electrons. The number of carboxylic acids is 1.